The average Bonchev–Trinajstić information content (AvgIpc) is 3.70. The van der Waals surface area contributed by atoms with E-state index in [4.69, 9.17) is 0 Å². The molecule has 2 heteroatoms. The molecule has 45 heavy (non-hydrogen) atoms. The van der Waals surface area contributed by atoms with Crippen molar-refractivity contribution in [3.63, 3.8) is 0 Å². The van der Waals surface area contributed by atoms with E-state index in [-0.39, 0.29) is 5.41 Å². The van der Waals surface area contributed by atoms with Crippen LogP contribution in [0.4, 0.5) is 0 Å². The van der Waals surface area contributed by atoms with Gasteiger partial charge >= 0.3 is 0 Å². The van der Waals surface area contributed by atoms with Crippen molar-refractivity contribution < 1.29 is 0 Å². The van der Waals surface area contributed by atoms with Crippen LogP contribution in [-0.4, -0.2) is 9.55 Å². The van der Waals surface area contributed by atoms with E-state index in [1.807, 2.05) is 0 Å². The Morgan fingerprint density at radius 1 is 0.467 bits per heavy atom. The molecule has 0 saturated carbocycles. The maximum absolute atomic E-state index is 3.71. The molecule has 1 N–H and O–H groups in total. The van der Waals surface area contributed by atoms with Crippen LogP contribution in [0.2, 0.25) is 0 Å². The van der Waals surface area contributed by atoms with Crippen LogP contribution in [0.3, 0.4) is 0 Å². The zero-order valence-electron chi connectivity index (χ0n) is 25.2. The van der Waals surface area contributed by atoms with Crippen molar-refractivity contribution in [2.75, 3.05) is 0 Å². The van der Waals surface area contributed by atoms with Gasteiger partial charge in [0, 0.05) is 43.7 Å². The van der Waals surface area contributed by atoms with Gasteiger partial charge in [-0.2, -0.15) is 0 Å². The van der Waals surface area contributed by atoms with Crippen LogP contribution in [0.1, 0.15) is 25.0 Å². The molecule has 0 atom stereocenters. The van der Waals surface area contributed by atoms with Crippen LogP contribution in [0, 0.1) is 0 Å². The van der Waals surface area contributed by atoms with Crippen LogP contribution in [0.5, 0.6) is 0 Å². The number of aromatic amines is 1. The number of hydrogen-bond acceptors (Lipinski definition) is 0. The first-order valence-electron chi connectivity index (χ1n) is 15.8. The lowest BCUT2D eigenvalue weighted by atomic mass is 9.82. The predicted octanol–water partition coefficient (Wildman–Crippen LogP) is 11.5. The predicted molar refractivity (Wildman–Crippen MR) is 191 cm³/mol. The van der Waals surface area contributed by atoms with E-state index >= 15 is 0 Å². The van der Waals surface area contributed by atoms with E-state index in [1.165, 1.54) is 93.5 Å². The molecule has 2 nitrogen and oxygen atoms in total. The molecule has 0 unspecified atom stereocenters. The largest absolute Gasteiger partial charge is 0.354 e. The van der Waals surface area contributed by atoms with Crippen molar-refractivity contribution in [3.05, 3.63) is 151 Å². The molecule has 1 aliphatic carbocycles. The lowest BCUT2D eigenvalue weighted by molar-refractivity contribution is 0.660. The normalized spacial score (nSPS) is 13.7. The highest BCUT2D eigenvalue weighted by molar-refractivity contribution is 6.23. The molecule has 1 aliphatic rings. The molecule has 9 aromatic rings. The third-order valence-corrected chi connectivity index (χ3v) is 10.3. The van der Waals surface area contributed by atoms with Gasteiger partial charge in [-0.3, -0.25) is 0 Å². The van der Waals surface area contributed by atoms with Gasteiger partial charge in [-0.25, -0.2) is 0 Å². The summed E-state index contributed by atoms with van der Waals surface area (Å²) in [6, 6.07) is 51.6. The van der Waals surface area contributed by atoms with Crippen LogP contribution in [0.15, 0.2) is 140 Å². The van der Waals surface area contributed by atoms with Crippen molar-refractivity contribution in [1.82, 2.24) is 9.55 Å². The van der Waals surface area contributed by atoms with Crippen molar-refractivity contribution in [2.45, 2.75) is 19.3 Å². The minimum atomic E-state index is -0.0558. The minimum absolute atomic E-state index is 0.0558. The smallest absolute Gasteiger partial charge is 0.0547 e. The third-order valence-electron chi connectivity index (χ3n) is 10.3. The highest BCUT2D eigenvalue weighted by atomic mass is 15.0. The first-order chi connectivity index (χ1) is 22.1. The summed E-state index contributed by atoms with van der Waals surface area (Å²) < 4.78 is 2.47. The minimum Gasteiger partial charge on any atom is -0.354 e. The molecule has 0 saturated heterocycles. The molecule has 0 bridgehead atoms. The van der Waals surface area contributed by atoms with E-state index < -0.39 is 0 Å². The van der Waals surface area contributed by atoms with E-state index in [9.17, 15) is 0 Å². The fourth-order valence-corrected chi connectivity index (χ4v) is 8.21. The third kappa shape index (κ3) is 3.29. The quantitative estimate of drug-likeness (QED) is 0.212. The van der Waals surface area contributed by atoms with Crippen LogP contribution >= 0.6 is 0 Å². The Morgan fingerprint density at radius 2 is 1.16 bits per heavy atom. The number of nitrogens with one attached hydrogen (secondary N) is 1. The molecule has 0 aliphatic heterocycles. The molecule has 0 spiro atoms. The summed E-state index contributed by atoms with van der Waals surface area (Å²) in [6.07, 6.45) is 0. The van der Waals surface area contributed by atoms with Crippen molar-refractivity contribution in [2.24, 2.45) is 0 Å². The molecule has 2 aromatic heterocycles. The number of benzene rings is 7. The summed E-state index contributed by atoms with van der Waals surface area (Å²) in [5, 5.41) is 7.66. The zero-order chi connectivity index (χ0) is 29.9. The Kier molecular flexibility index (Phi) is 4.82. The van der Waals surface area contributed by atoms with Gasteiger partial charge in [0.2, 0.25) is 0 Å². The number of nitrogens with zero attached hydrogens (tertiary/aromatic N) is 1. The van der Waals surface area contributed by atoms with E-state index in [0.29, 0.717) is 0 Å². The zero-order valence-corrected chi connectivity index (χ0v) is 25.2. The van der Waals surface area contributed by atoms with Crippen LogP contribution in [-0.2, 0) is 5.41 Å². The van der Waals surface area contributed by atoms with Gasteiger partial charge in [0.1, 0.15) is 0 Å². The first kappa shape index (κ1) is 24.8. The maximum Gasteiger partial charge on any atom is 0.0547 e. The number of hydrogen-bond donors (Lipinski definition) is 1. The Balaban J connectivity index is 1.25. The lowest BCUT2D eigenvalue weighted by Gasteiger charge is -2.22. The standard InChI is InChI=1S/C43H30N2/c1-43(2)36-16-8-5-12-29(36)30-22-20-27(24-37(30)43)45-40-18-10-7-13-31(40)32-21-19-26(23-41(32)45)35-25-39-42(33-14-4-3-11-28(33)35)34-15-6-9-17-38(34)44-39/h3-25,44H,1-2H3. The van der Waals surface area contributed by atoms with Gasteiger partial charge in [0.05, 0.1) is 11.0 Å². The number of rotatable bonds is 2. The Labute approximate surface area is 261 Å². The summed E-state index contributed by atoms with van der Waals surface area (Å²) in [5.74, 6) is 0. The van der Waals surface area contributed by atoms with E-state index in [1.54, 1.807) is 0 Å². The number of aromatic nitrogens is 2. The topological polar surface area (TPSA) is 20.7 Å². The van der Waals surface area contributed by atoms with Gasteiger partial charge in [-0.05, 0) is 80.6 Å². The van der Waals surface area contributed by atoms with Gasteiger partial charge in [-0.1, -0.05) is 117 Å². The van der Waals surface area contributed by atoms with Crippen molar-refractivity contribution in [3.8, 4) is 27.9 Å². The van der Waals surface area contributed by atoms with Gasteiger partial charge in [0.15, 0.2) is 0 Å². The molecule has 7 aromatic carbocycles. The Morgan fingerprint density at radius 3 is 2.04 bits per heavy atom. The van der Waals surface area contributed by atoms with Gasteiger partial charge in [-0.15, -0.1) is 0 Å². The Bertz CT molecular complexity index is 2680. The summed E-state index contributed by atoms with van der Waals surface area (Å²) in [5.41, 5.74) is 13.9. The van der Waals surface area contributed by atoms with Gasteiger partial charge < -0.3 is 9.55 Å². The molecular formula is C43H30N2. The molecule has 10 rings (SSSR count). The van der Waals surface area contributed by atoms with E-state index in [0.717, 1.165) is 0 Å². The van der Waals surface area contributed by atoms with E-state index in [2.05, 4.69) is 163 Å². The fourth-order valence-electron chi connectivity index (χ4n) is 8.21. The fraction of sp³-hybridized carbons (Fsp3) is 0.0698. The lowest BCUT2D eigenvalue weighted by Crippen LogP contribution is -2.15. The maximum atomic E-state index is 3.71. The highest BCUT2D eigenvalue weighted by Crippen LogP contribution is 2.49. The second-order valence-corrected chi connectivity index (χ2v) is 13.0. The number of H-pyrrole nitrogens is 1. The average molecular weight is 575 g/mol. The molecule has 0 amide bonds. The summed E-state index contributed by atoms with van der Waals surface area (Å²) >= 11 is 0. The van der Waals surface area contributed by atoms with Gasteiger partial charge in [0.25, 0.3) is 0 Å². The van der Waals surface area contributed by atoms with Crippen LogP contribution in [0.25, 0.3) is 82.3 Å². The summed E-state index contributed by atoms with van der Waals surface area (Å²) in [6.45, 7) is 4.72. The molecule has 0 radical (unpaired) electrons. The number of fused-ring (bicyclic) bond motifs is 11. The molecule has 212 valence electrons. The summed E-state index contributed by atoms with van der Waals surface area (Å²) in [7, 11) is 0. The van der Waals surface area contributed by atoms with Crippen LogP contribution < -0.4 is 0 Å². The Hall–Kier alpha value is -5.60. The first-order valence-corrected chi connectivity index (χ1v) is 15.8. The monoisotopic (exact) mass is 574 g/mol. The molecule has 2 heterocycles. The van der Waals surface area contributed by atoms with Crippen molar-refractivity contribution >= 4 is 54.4 Å². The SMILES string of the molecule is CC1(C)c2ccccc2-c2ccc(-n3c4ccccc4c4ccc(-c5cc6[nH]c7ccccc7c6c6ccccc56)cc43)cc21. The highest BCUT2D eigenvalue weighted by Gasteiger charge is 2.35. The molecule has 0 fully saturated rings. The second-order valence-electron chi connectivity index (χ2n) is 13.0. The number of para-hydroxylation sites is 2. The van der Waals surface area contributed by atoms with Crippen molar-refractivity contribution in [1.29, 1.82) is 0 Å². The molecular weight excluding hydrogens is 544 g/mol. The second kappa shape index (κ2) is 8.74. The summed E-state index contributed by atoms with van der Waals surface area (Å²) in [4.78, 5) is 3.71.